The maximum atomic E-state index is 11.8. The third-order valence-corrected chi connectivity index (χ3v) is 9.47. The van der Waals surface area contributed by atoms with E-state index in [0.717, 1.165) is 51.4 Å². The van der Waals surface area contributed by atoms with Gasteiger partial charge in [-0.05, 0) is 74.0 Å². The van der Waals surface area contributed by atoms with E-state index in [2.05, 4.69) is 33.4 Å². The highest BCUT2D eigenvalue weighted by molar-refractivity contribution is 5.66. The summed E-state index contributed by atoms with van der Waals surface area (Å²) in [5.41, 5.74) is 0.827. The van der Waals surface area contributed by atoms with E-state index in [9.17, 15) is 15.0 Å². The van der Waals surface area contributed by atoms with Gasteiger partial charge in [0.15, 0.2) is 0 Å². The molecule has 9 atom stereocenters. The minimum Gasteiger partial charge on any atom is -0.462 e. The number of esters is 1. The molecule has 6 nitrogen and oxygen atoms in total. The fourth-order valence-corrected chi connectivity index (χ4v) is 7.96. The molecule has 0 saturated heterocycles. The van der Waals surface area contributed by atoms with E-state index < -0.39 is 11.5 Å². The number of aliphatic hydroxyl groups excluding tert-OH is 2. The van der Waals surface area contributed by atoms with Gasteiger partial charge in [0.1, 0.15) is 18.0 Å². The van der Waals surface area contributed by atoms with Gasteiger partial charge in [0.25, 0.3) is 0 Å². The normalized spacial score (nSPS) is 44.2. The largest absolute Gasteiger partial charge is 0.462 e. The number of fused-ring (bicyclic) bond motifs is 5. The third kappa shape index (κ3) is 4.17. The molecule has 3 unspecified atom stereocenters. The summed E-state index contributed by atoms with van der Waals surface area (Å²) in [6.45, 7) is 11.9. The Hall–Kier alpha value is -1.37. The number of ether oxygens (including phenoxy) is 1. The molecule has 0 bridgehead atoms. The predicted molar refractivity (Wildman–Crippen MR) is 125 cm³/mol. The fourth-order valence-electron chi connectivity index (χ4n) is 7.96. The van der Waals surface area contributed by atoms with Crippen molar-refractivity contribution in [2.75, 3.05) is 6.61 Å². The highest BCUT2D eigenvalue weighted by Crippen LogP contribution is 2.66. The Bertz CT molecular complexity index is 791. The lowest BCUT2D eigenvalue weighted by Gasteiger charge is -2.59. The molecule has 0 aliphatic heterocycles. The second-order valence-corrected chi connectivity index (χ2v) is 11.4. The number of rotatable bonds is 7. The molecule has 3 fully saturated rings. The molecular formula is C27H42O6. The quantitative estimate of drug-likeness (QED) is 0.188. The van der Waals surface area contributed by atoms with E-state index in [-0.39, 0.29) is 48.0 Å². The summed E-state index contributed by atoms with van der Waals surface area (Å²) in [4.78, 5) is 23.0. The maximum absolute atomic E-state index is 11.8. The molecule has 186 valence electrons. The van der Waals surface area contributed by atoms with Crippen molar-refractivity contribution in [1.29, 1.82) is 0 Å². The number of carbonyl (C=O) groups excluding carboxylic acids is 1. The molecule has 0 amide bonds. The van der Waals surface area contributed by atoms with Crippen LogP contribution in [0.5, 0.6) is 0 Å². The van der Waals surface area contributed by atoms with Gasteiger partial charge in [-0.15, -0.1) is 0 Å². The van der Waals surface area contributed by atoms with Crippen molar-refractivity contribution in [3.63, 3.8) is 0 Å². The minimum atomic E-state index is -0.563. The van der Waals surface area contributed by atoms with Gasteiger partial charge < -0.3 is 19.8 Å². The van der Waals surface area contributed by atoms with Crippen molar-refractivity contribution < 1.29 is 29.5 Å². The van der Waals surface area contributed by atoms with Crippen molar-refractivity contribution in [3.8, 4) is 0 Å². The number of carbonyl (C=O) groups is 1. The molecule has 0 spiro atoms. The van der Waals surface area contributed by atoms with Crippen LogP contribution in [0.2, 0.25) is 0 Å². The Kier molecular flexibility index (Phi) is 7.01. The summed E-state index contributed by atoms with van der Waals surface area (Å²) >= 11 is 0. The van der Waals surface area contributed by atoms with Crippen LogP contribution in [0.1, 0.15) is 79.1 Å². The van der Waals surface area contributed by atoms with Crippen molar-refractivity contribution in [3.05, 3.63) is 24.0 Å². The Morgan fingerprint density at radius 2 is 2.03 bits per heavy atom. The van der Waals surface area contributed by atoms with Crippen molar-refractivity contribution >= 4 is 5.97 Å². The first-order valence-corrected chi connectivity index (χ1v) is 12.8. The maximum Gasteiger partial charge on any atom is 0.302 e. The Morgan fingerprint density at radius 1 is 1.27 bits per heavy atom. The van der Waals surface area contributed by atoms with Crippen LogP contribution in [0.4, 0.5) is 0 Å². The van der Waals surface area contributed by atoms with Crippen molar-refractivity contribution in [2.24, 2.45) is 34.5 Å². The lowest BCUT2D eigenvalue weighted by atomic mass is 9.47. The summed E-state index contributed by atoms with van der Waals surface area (Å²) in [7, 11) is 0. The molecule has 6 heteroatoms. The number of hydrogen-bond donors (Lipinski definition) is 2. The van der Waals surface area contributed by atoms with E-state index in [1.807, 2.05) is 0 Å². The van der Waals surface area contributed by atoms with Gasteiger partial charge in [0, 0.05) is 18.8 Å². The van der Waals surface area contributed by atoms with Crippen LogP contribution in [0.15, 0.2) is 24.0 Å². The number of aliphatic hydroxyl groups is 2. The molecule has 0 radical (unpaired) electrons. The van der Waals surface area contributed by atoms with Crippen LogP contribution in [-0.2, 0) is 19.3 Å². The molecule has 33 heavy (non-hydrogen) atoms. The van der Waals surface area contributed by atoms with Gasteiger partial charge in [-0.1, -0.05) is 39.0 Å². The Labute approximate surface area is 198 Å². The molecule has 4 aliphatic rings. The minimum absolute atomic E-state index is 0.00191. The zero-order chi connectivity index (χ0) is 24.0. The summed E-state index contributed by atoms with van der Waals surface area (Å²) in [5, 5.41) is 22.0. The molecule has 0 heterocycles. The lowest BCUT2D eigenvalue weighted by molar-refractivity contribution is -0.301. The monoisotopic (exact) mass is 462 g/mol. The average molecular weight is 463 g/mol. The molecule has 2 N–H and O–H groups in total. The fraction of sp³-hybridized carbons (Fsp3) is 0.815. The van der Waals surface area contributed by atoms with E-state index in [4.69, 9.17) is 14.5 Å². The zero-order valence-corrected chi connectivity index (χ0v) is 20.7. The lowest BCUT2D eigenvalue weighted by Crippen LogP contribution is -2.57. The van der Waals surface area contributed by atoms with Gasteiger partial charge in [-0.2, -0.15) is 4.89 Å². The van der Waals surface area contributed by atoms with Crippen LogP contribution in [0, 0.1) is 34.5 Å². The SMILES string of the molecule is C=C(CCC)OO[C@H]1CC[C@@]2(C)C(=C[C@H](O)C3C4C[C@@H](C)[C@H](OC(C)=O)[C@@]4(CO)CCC32)C1. The Balaban J connectivity index is 1.56. The summed E-state index contributed by atoms with van der Waals surface area (Å²) in [6.07, 6.45) is 8.23. The molecule has 4 aliphatic carbocycles. The number of allylic oxidation sites excluding steroid dienone is 1. The van der Waals surface area contributed by atoms with E-state index in [1.165, 1.54) is 12.5 Å². The zero-order valence-electron chi connectivity index (χ0n) is 20.7. The van der Waals surface area contributed by atoms with Crippen LogP contribution >= 0.6 is 0 Å². The van der Waals surface area contributed by atoms with Crippen molar-refractivity contribution in [2.45, 2.75) is 97.4 Å². The average Bonchev–Trinajstić information content (AvgIpc) is 3.04. The summed E-state index contributed by atoms with van der Waals surface area (Å²) in [5.74, 6) is 1.10. The van der Waals surface area contributed by atoms with Gasteiger partial charge >= 0.3 is 5.97 Å². The molecule has 0 aromatic carbocycles. The second kappa shape index (κ2) is 9.35. The van der Waals surface area contributed by atoms with E-state index in [0.29, 0.717) is 11.7 Å². The summed E-state index contributed by atoms with van der Waals surface area (Å²) < 4.78 is 5.78. The van der Waals surface area contributed by atoms with Gasteiger partial charge in [-0.25, -0.2) is 0 Å². The molecular weight excluding hydrogens is 420 g/mol. The summed E-state index contributed by atoms with van der Waals surface area (Å²) in [6, 6.07) is 0. The van der Waals surface area contributed by atoms with Crippen LogP contribution < -0.4 is 0 Å². The van der Waals surface area contributed by atoms with Crippen LogP contribution in [0.3, 0.4) is 0 Å². The Morgan fingerprint density at radius 3 is 2.70 bits per heavy atom. The van der Waals surface area contributed by atoms with Gasteiger partial charge in [-0.3, -0.25) is 4.79 Å². The third-order valence-electron chi connectivity index (χ3n) is 9.47. The molecule has 3 saturated carbocycles. The first-order chi connectivity index (χ1) is 15.7. The molecule has 0 aromatic heterocycles. The smallest absolute Gasteiger partial charge is 0.302 e. The van der Waals surface area contributed by atoms with E-state index in [1.54, 1.807) is 0 Å². The van der Waals surface area contributed by atoms with Gasteiger partial charge in [0.2, 0.25) is 0 Å². The highest BCUT2D eigenvalue weighted by atomic mass is 17.2. The standard InChI is InChI=1S/C27H42O6/c1-6-7-17(3)32-33-20-8-10-26(5)19(13-20)14-23(30)24-21(26)9-11-27(15-28)22(24)12-16(2)25(27)31-18(4)29/h14,16,20-25,28,30H,3,6-13,15H2,1-2,4-5H3/t16-,20+,21?,22?,23+,24?,25+,26+,27-/m1/s1. The first-order valence-electron chi connectivity index (χ1n) is 12.8. The van der Waals surface area contributed by atoms with Gasteiger partial charge in [0.05, 0.1) is 12.7 Å². The highest BCUT2D eigenvalue weighted by Gasteiger charge is 2.65. The second-order valence-electron chi connectivity index (χ2n) is 11.4. The van der Waals surface area contributed by atoms with Crippen LogP contribution in [-0.4, -0.2) is 41.1 Å². The van der Waals surface area contributed by atoms with E-state index >= 15 is 0 Å². The topological polar surface area (TPSA) is 85.2 Å². The number of hydrogen-bond acceptors (Lipinski definition) is 6. The molecule has 0 aromatic rings. The van der Waals surface area contributed by atoms with Crippen LogP contribution in [0.25, 0.3) is 0 Å². The first kappa shape index (κ1) is 24.7. The predicted octanol–water partition coefficient (Wildman–Crippen LogP) is 4.70. The van der Waals surface area contributed by atoms with Crippen molar-refractivity contribution in [1.82, 2.24) is 0 Å². The molecule has 4 rings (SSSR count).